The molecule has 0 bridgehead atoms. The van der Waals surface area contributed by atoms with E-state index in [-0.39, 0.29) is 5.63 Å². The lowest BCUT2D eigenvalue weighted by Crippen LogP contribution is -3.27. The highest BCUT2D eigenvalue weighted by Crippen LogP contribution is 2.18. The maximum absolute atomic E-state index is 11.8. The van der Waals surface area contributed by atoms with E-state index in [0.29, 0.717) is 0 Å². The zero-order valence-corrected chi connectivity index (χ0v) is 13.6. The molecule has 1 aliphatic rings. The van der Waals surface area contributed by atoms with Crippen LogP contribution in [0.5, 0.6) is 0 Å². The van der Waals surface area contributed by atoms with E-state index in [1.54, 1.807) is 15.9 Å². The van der Waals surface area contributed by atoms with E-state index >= 15 is 0 Å². The van der Waals surface area contributed by atoms with E-state index in [4.69, 9.17) is 4.42 Å². The van der Waals surface area contributed by atoms with Crippen molar-refractivity contribution < 1.29 is 14.2 Å². The molecule has 1 aromatic carbocycles. The SMILES string of the molecule is CCc1ccc2oc(=O)cc(C[NH+]3CC[NH+](CC)CC3)c2c1. The van der Waals surface area contributed by atoms with Crippen molar-refractivity contribution in [3.63, 3.8) is 0 Å². The van der Waals surface area contributed by atoms with Crippen LogP contribution in [0.25, 0.3) is 11.0 Å². The van der Waals surface area contributed by atoms with Gasteiger partial charge in [-0.3, -0.25) is 0 Å². The van der Waals surface area contributed by atoms with Gasteiger partial charge in [0.15, 0.2) is 0 Å². The Morgan fingerprint density at radius 2 is 1.77 bits per heavy atom. The number of fused-ring (bicyclic) bond motifs is 1. The van der Waals surface area contributed by atoms with Crippen LogP contribution in [0.4, 0.5) is 0 Å². The summed E-state index contributed by atoms with van der Waals surface area (Å²) in [5.41, 5.74) is 2.91. The highest BCUT2D eigenvalue weighted by molar-refractivity contribution is 5.80. The van der Waals surface area contributed by atoms with Crippen LogP contribution >= 0.6 is 0 Å². The molecule has 1 saturated heterocycles. The number of hydrogen-bond acceptors (Lipinski definition) is 2. The molecule has 0 spiro atoms. The van der Waals surface area contributed by atoms with E-state index in [1.165, 1.54) is 38.3 Å². The average molecular weight is 302 g/mol. The Morgan fingerprint density at radius 3 is 2.45 bits per heavy atom. The van der Waals surface area contributed by atoms with E-state index < -0.39 is 0 Å². The Bertz CT molecular complexity index is 700. The van der Waals surface area contributed by atoms with Crippen LogP contribution in [0.2, 0.25) is 0 Å². The summed E-state index contributed by atoms with van der Waals surface area (Å²) in [7, 11) is 0. The largest absolute Gasteiger partial charge is 0.423 e. The minimum atomic E-state index is -0.232. The molecule has 2 N–H and O–H groups in total. The molecule has 1 fully saturated rings. The summed E-state index contributed by atoms with van der Waals surface area (Å²) in [6.07, 6.45) is 1.000. The number of quaternary nitrogens is 2. The van der Waals surface area contributed by atoms with Gasteiger partial charge in [0.25, 0.3) is 0 Å². The fourth-order valence-electron chi connectivity index (χ4n) is 3.40. The van der Waals surface area contributed by atoms with Crippen LogP contribution < -0.4 is 15.4 Å². The summed E-state index contributed by atoms with van der Waals surface area (Å²) < 4.78 is 5.36. The van der Waals surface area contributed by atoms with Crippen LogP contribution in [0.3, 0.4) is 0 Å². The fraction of sp³-hybridized carbons (Fsp3) is 0.500. The molecule has 4 heteroatoms. The lowest BCUT2D eigenvalue weighted by Gasteiger charge is -2.29. The molecule has 1 aromatic heterocycles. The van der Waals surface area contributed by atoms with Crippen LogP contribution in [0.1, 0.15) is 25.0 Å². The summed E-state index contributed by atoms with van der Waals surface area (Å²) in [4.78, 5) is 15.1. The molecular formula is C18H26N2O2+2. The van der Waals surface area contributed by atoms with Crippen LogP contribution in [0.15, 0.2) is 33.5 Å². The predicted octanol–water partition coefficient (Wildman–Crippen LogP) is -0.341. The van der Waals surface area contributed by atoms with Crippen LogP contribution in [-0.2, 0) is 13.0 Å². The Balaban J connectivity index is 1.87. The van der Waals surface area contributed by atoms with Gasteiger partial charge in [0.05, 0.1) is 6.54 Å². The monoisotopic (exact) mass is 302 g/mol. The van der Waals surface area contributed by atoms with Crippen LogP contribution in [-0.4, -0.2) is 32.7 Å². The third kappa shape index (κ3) is 3.23. The molecule has 0 atom stereocenters. The van der Waals surface area contributed by atoms with Crippen molar-refractivity contribution in [2.75, 3.05) is 32.7 Å². The number of nitrogens with one attached hydrogen (secondary N) is 2. The first kappa shape index (κ1) is 15.3. The molecular weight excluding hydrogens is 276 g/mol. The summed E-state index contributed by atoms with van der Waals surface area (Å²) >= 11 is 0. The van der Waals surface area contributed by atoms with Crippen molar-refractivity contribution in [2.24, 2.45) is 0 Å². The van der Waals surface area contributed by atoms with E-state index in [1.807, 2.05) is 12.1 Å². The summed E-state index contributed by atoms with van der Waals surface area (Å²) in [5, 5.41) is 1.11. The molecule has 0 saturated carbocycles. The number of likely N-dealkylation sites (N-methyl/N-ethyl adjacent to an activating group) is 1. The molecule has 0 radical (unpaired) electrons. The van der Waals surface area contributed by atoms with Gasteiger partial charge in [-0.2, -0.15) is 0 Å². The van der Waals surface area contributed by atoms with Gasteiger partial charge in [-0.1, -0.05) is 13.0 Å². The molecule has 1 aliphatic heterocycles. The number of aryl methyl sites for hydroxylation is 1. The smallest absolute Gasteiger partial charge is 0.336 e. The first-order chi connectivity index (χ1) is 10.7. The van der Waals surface area contributed by atoms with Gasteiger partial charge in [-0.25, -0.2) is 4.79 Å². The zero-order valence-electron chi connectivity index (χ0n) is 13.6. The second-order valence-corrected chi connectivity index (χ2v) is 6.31. The summed E-state index contributed by atoms with van der Waals surface area (Å²) in [5.74, 6) is 0. The fourth-order valence-corrected chi connectivity index (χ4v) is 3.40. The molecule has 3 rings (SSSR count). The lowest BCUT2D eigenvalue weighted by molar-refractivity contribution is -1.02. The first-order valence-electron chi connectivity index (χ1n) is 8.42. The number of piperazine rings is 1. The minimum Gasteiger partial charge on any atom is -0.423 e. The average Bonchev–Trinajstić information content (AvgIpc) is 2.55. The quantitative estimate of drug-likeness (QED) is 0.759. The number of hydrogen-bond donors (Lipinski definition) is 2. The first-order valence-corrected chi connectivity index (χ1v) is 8.42. The van der Waals surface area contributed by atoms with Gasteiger partial charge >= 0.3 is 5.63 Å². The van der Waals surface area contributed by atoms with Crippen molar-refractivity contribution in [1.82, 2.24) is 0 Å². The molecule has 0 aliphatic carbocycles. The van der Waals surface area contributed by atoms with Crippen molar-refractivity contribution >= 4 is 11.0 Å². The van der Waals surface area contributed by atoms with Crippen molar-refractivity contribution in [1.29, 1.82) is 0 Å². The molecule has 22 heavy (non-hydrogen) atoms. The van der Waals surface area contributed by atoms with Crippen molar-refractivity contribution in [2.45, 2.75) is 26.8 Å². The highest BCUT2D eigenvalue weighted by Gasteiger charge is 2.22. The Labute approximate surface area is 131 Å². The minimum absolute atomic E-state index is 0.232. The van der Waals surface area contributed by atoms with E-state index in [0.717, 1.165) is 29.5 Å². The topological polar surface area (TPSA) is 39.1 Å². The van der Waals surface area contributed by atoms with Gasteiger partial charge in [0, 0.05) is 17.0 Å². The lowest BCUT2D eigenvalue weighted by atomic mass is 10.0. The molecule has 0 amide bonds. The zero-order chi connectivity index (χ0) is 15.5. The molecule has 2 heterocycles. The van der Waals surface area contributed by atoms with Gasteiger partial charge in [-0.05, 0) is 31.0 Å². The van der Waals surface area contributed by atoms with E-state index in [2.05, 4.69) is 19.9 Å². The Hall–Kier alpha value is -1.65. The predicted molar refractivity (Wildman–Crippen MR) is 87.5 cm³/mol. The Kier molecular flexibility index (Phi) is 4.60. The number of rotatable bonds is 4. The van der Waals surface area contributed by atoms with Gasteiger partial charge in [0.1, 0.15) is 38.3 Å². The standard InChI is InChI=1S/C18H24N2O2/c1-3-14-5-6-17-16(11-14)15(12-18(21)22-17)13-20-9-7-19(4-2)8-10-20/h5-6,11-12H,3-4,7-10,13H2,1-2H3/p+2. The highest BCUT2D eigenvalue weighted by atomic mass is 16.4. The van der Waals surface area contributed by atoms with Gasteiger partial charge in [-0.15, -0.1) is 0 Å². The third-order valence-electron chi connectivity index (χ3n) is 4.91. The maximum Gasteiger partial charge on any atom is 0.336 e. The maximum atomic E-state index is 11.8. The second-order valence-electron chi connectivity index (χ2n) is 6.31. The van der Waals surface area contributed by atoms with Crippen molar-refractivity contribution in [3.8, 4) is 0 Å². The third-order valence-corrected chi connectivity index (χ3v) is 4.91. The molecule has 0 unspecified atom stereocenters. The second kappa shape index (κ2) is 6.63. The summed E-state index contributed by atoms with van der Waals surface area (Å²) in [6.45, 7) is 11.4. The van der Waals surface area contributed by atoms with Crippen LogP contribution in [0, 0.1) is 0 Å². The van der Waals surface area contributed by atoms with Gasteiger partial charge < -0.3 is 14.2 Å². The Morgan fingerprint density at radius 1 is 1.05 bits per heavy atom. The normalized spacial score (nSPS) is 22.1. The van der Waals surface area contributed by atoms with Crippen molar-refractivity contribution in [3.05, 3.63) is 45.8 Å². The van der Waals surface area contributed by atoms with E-state index in [9.17, 15) is 4.79 Å². The summed E-state index contributed by atoms with van der Waals surface area (Å²) in [6, 6.07) is 7.85. The number of benzene rings is 1. The molecule has 2 aromatic rings. The van der Waals surface area contributed by atoms with Gasteiger partial charge in [0.2, 0.25) is 0 Å². The molecule has 118 valence electrons. The molecule has 4 nitrogen and oxygen atoms in total.